The van der Waals surface area contributed by atoms with Gasteiger partial charge in [-0.1, -0.05) is 6.92 Å². The van der Waals surface area contributed by atoms with Crippen molar-refractivity contribution in [1.29, 1.82) is 0 Å². The number of hydrogen-bond donors (Lipinski definition) is 1. The van der Waals surface area contributed by atoms with Crippen molar-refractivity contribution in [3.63, 3.8) is 0 Å². The average molecular weight is 292 g/mol. The van der Waals surface area contributed by atoms with Crippen LogP contribution in [-0.2, 0) is 4.74 Å². The van der Waals surface area contributed by atoms with Gasteiger partial charge in [0.25, 0.3) is 0 Å². The molecule has 1 unspecified atom stereocenters. The molecule has 21 heavy (non-hydrogen) atoms. The van der Waals surface area contributed by atoms with E-state index in [1.807, 2.05) is 26.1 Å². The summed E-state index contributed by atoms with van der Waals surface area (Å²) in [6.07, 6.45) is 7.95. The zero-order chi connectivity index (χ0) is 15.3. The number of nitrogens with zero attached hydrogens (tertiary/aromatic N) is 1. The maximum absolute atomic E-state index is 6.58. The number of ether oxygens (including phenoxy) is 2. The van der Waals surface area contributed by atoms with Gasteiger partial charge in [0.1, 0.15) is 5.75 Å². The minimum absolute atomic E-state index is 0.155. The van der Waals surface area contributed by atoms with Crippen LogP contribution in [0.4, 0.5) is 0 Å². The second-order valence-corrected chi connectivity index (χ2v) is 6.04. The summed E-state index contributed by atoms with van der Waals surface area (Å²) in [6, 6.07) is 1.85. The molecule has 0 bridgehead atoms. The van der Waals surface area contributed by atoms with Crippen LogP contribution in [0, 0.1) is 5.92 Å². The van der Waals surface area contributed by atoms with Gasteiger partial charge in [-0.3, -0.25) is 4.98 Å². The van der Waals surface area contributed by atoms with Crippen LogP contribution in [0.5, 0.6) is 5.75 Å². The van der Waals surface area contributed by atoms with Crippen molar-refractivity contribution >= 4 is 0 Å². The first-order valence-electron chi connectivity index (χ1n) is 8.08. The third kappa shape index (κ3) is 3.74. The van der Waals surface area contributed by atoms with Crippen LogP contribution in [0.25, 0.3) is 0 Å². The van der Waals surface area contributed by atoms with Crippen molar-refractivity contribution in [3.8, 4) is 5.75 Å². The van der Waals surface area contributed by atoms with Crippen molar-refractivity contribution in [3.05, 3.63) is 24.0 Å². The largest absolute Gasteiger partial charge is 0.492 e. The molecule has 0 aliphatic heterocycles. The molecule has 2 N–H and O–H groups in total. The number of rotatable bonds is 6. The highest BCUT2D eigenvalue weighted by Gasteiger charge is 2.41. The zero-order valence-corrected chi connectivity index (χ0v) is 13.5. The summed E-state index contributed by atoms with van der Waals surface area (Å²) >= 11 is 0. The molecule has 118 valence electrons. The van der Waals surface area contributed by atoms with Crippen molar-refractivity contribution in [2.24, 2.45) is 11.7 Å². The summed E-state index contributed by atoms with van der Waals surface area (Å²) in [5.41, 5.74) is 7.33. The maximum atomic E-state index is 6.58. The first-order valence-corrected chi connectivity index (χ1v) is 8.08. The molecular weight excluding hydrogens is 264 g/mol. The summed E-state index contributed by atoms with van der Waals surface area (Å²) in [6.45, 7) is 7.64. The second kappa shape index (κ2) is 7.23. The number of hydrogen-bond acceptors (Lipinski definition) is 4. The Morgan fingerprint density at radius 1 is 1.29 bits per heavy atom. The highest BCUT2D eigenvalue weighted by atomic mass is 16.5. The van der Waals surface area contributed by atoms with Crippen LogP contribution in [-0.4, -0.2) is 23.8 Å². The average Bonchev–Trinajstić information content (AvgIpc) is 2.50. The minimum Gasteiger partial charge on any atom is -0.492 e. The molecule has 0 aromatic carbocycles. The van der Waals surface area contributed by atoms with Gasteiger partial charge in [-0.05, 0) is 57.1 Å². The Hall–Kier alpha value is -1.13. The van der Waals surface area contributed by atoms with Crippen molar-refractivity contribution in [1.82, 2.24) is 4.98 Å². The van der Waals surface area contributed by atoms with Crippen molar-refractivity contribution in [2.45, 2.75) is 58.1 Å². The molecule has 1 aliphatic carbocycles. The van der Waals surface area contributed by atoms with Gasteiger partial charge in [0.05, 0.1) is 24.4 Å². The maximum Gasteiger partial charge on any atom is 0.137 e. The smallest absolute Gasteiger partial charge is 0.137 e. The van der Waals surface area contributed by atoms with Gasteiger partial charge < -0.3 is 15.2 Å². The monoisotopic (exact) mass is 292 g/mol. The highest BCUT2D eigenvalue weighted by molar-refractivity contribution is 5.28. The summed E-state index contributed by atoms with van der Waals surface area (Å²) in [4.78, 5) is 4.26. The van der Waals surface area contributed by atoms with Gasteiger partial charge in [-0.2, -0.15) is 0 Å². The van der Waals surface area contributed by atoms with E-state index >= 15 is 0 Å². The van der Waals surface area contributed by atoms with Gasteiger partial charge >= 0.3 is 0 Å². The summed E-state index contributed by atoms with van der Waals surface area (Å²) in [5.74, 6) is 1.54. The van der Waals surface area contributed by atoms with Gasteiger partial charge in [0.2, 0.25) is 0 Å². The molecule has 1 atom stereocenters. The number of pyridine rings is 1. The molecule has 4 nitrogen and oxygen atoms in total. The Balaban J connectivity index is 2.21. The van der Waals surface area contributed by atoms with E-state index in [4.69, 9.17) is 15.2 Å². The van der Waals surface area contributed by atoms with E-state index in [1.54, 1.807) is 6.20 Å². The lowest BCUT2D eigenvalue weighted by Gasteiger charge is -2.43. The fourth-order valence-electron chi connectivity index (χ4n) is 3.24. The summed E-state index contributed by atoms with van der Waals surface area (Å²) < 4.78 is 11.7. The topological polar surface area (TPSA) is 57.4 Å². The third-order valence-electron chi connectivity index (χ3n) is 4.52. The first kappa shape index (κ1) is 16.2. The molecule has 0 saturated heterocycles. The normalized spacial score (nSPS) is 27.3. The molecule has 0 amide bonds. The molecule has 1 aliphatic rings. The predicted molar refractivity (Wildman–Crippen MR) is 84.3 cm³/mol. The fourth-order valence-corrected chi connectivity index (χ4v) is 3.24. The summed E-state index contributed by atoms with van der Waals surface area (Å²) in [7, 11) is 0. The van der Waals surface area contributed by atoms with Crippen molar-refractivity contribution in [2.75, 3.05) is 13.2 Å². The Kier molecular flexibility index (Phi) is 5.59. The fraction of sp³-hybridized carbons (Fsp3) is 0.706. The second-order valence-electron chi connectivity index (χ2n) is 6.04. The van der Waals surface area contributed by atoms with Gasteiger partial charge in [0, 0.05) is 12.8 Å². The highest BCUT2D eigenvalue weighted by Crippen LogP contribution is 2.42. The van der Waals surface area contributed by atoms with Gasteiger partial charge in [0.15, 0.2) is 0 Å². The van der Waals surface area contributed by atoms with Crippen LogP contribution < -0.4 is 10.5 Å². The lowest BCUT2D eigenvalue weighted by Crippen LogP contribution is -2.46. The molecule has 1 aromatic rings. The SMILES string of the molecule is CCOc1cncc(C(N)C2(OCC)CCC(C)CC2)c1. The van der Waals surface area contributed by atoms with E-state index in [-0.39, 0.29) is 11.6 Å². The van der Waals surface area contributed by atoms with Crippen LogP contribution in [0.2, 0.25) is 0 Å². The molecule has 1 heterocycles. The van der Waals surface area contributed by atoms with Crippen LogP contribution in [0.3, 0.4) is 0 Å². The van der Waals surface area contributed by atoms with E-state index < -0.39 is 0 Å². The quantitative estimate of drug-likeness (QED) is 0.872. The molecule has 1 fully saturated rings. The van der Waals surface area contributed by atoms with Gasteiger partial charge in [-0.25, -0.2) is 0 Å². The molecular formula is C17H28N2O2. The van der Waals surface area contributed by atoms with Gasteiger partial charge in [-0.15, -0.1) is 0 Å². The lowest BCUT2D eigenvalue weighted by molar-refractivity contribution is -0.0897. The number of nitrogens with two attached hydrogens (primary N) is 1. The van der Waals surface area contributed by atoms with Crippen LogP contribution in [0.15, 0.2) is 18.5 Å². The van der Waals surface area contributed by atoms with E-state index in [0.717, 1.165) is 30.1 Å². The van der Waals surface area contributed by atoms with Crippen LogP contribution in [0.1, 0.15) is 58.1 Å². The van der Waals surface area contributed by atoms with E-state index in [9.17, 15) is 0 Å². The molecule has 1 aromatic heterocycles. The van der Waals surface area contributed by atoms with E-state index in [0.29, 0.717) is 13.2 Å². The molecule has 4 heteroatoms. The predicted octanol–water partition coefficient (Wildman–Crippen LogP) is 3.47. The molecule has 0 radical (unpaired) electrons. The van der Waals surface area contributed by atoms with Crippen LogP contribution >= 0.6 is 0 Å². The Labute approximate surface area is 128 Å². The minimum atomic E-state index is -0.256. The Morgan fingerprint density at radius 3 is 2.62 bits per heavy atom. The number of aromatic nitrogens is 1. The Bertz CT molecular complexity index is 442. The molecule has 1 saturated carbocycles. The van der Waals surface area contributed by atoms with E-state index in [2.05, 4.69) is 11.9 Å². The summed E-state index contributed by atoms with van der Waals surface area (Å²) in [5, 5.41) is 0. The molecule has 2 rings (SSSR count). The third-order valence-corrected chi connectivity index (χ3v) is 4.52. The first-order chi connectivity index (χ1) is 10.1. The zero-order valence-electron chi connectivity index (χ0n) is 13.5. The molecule has 0 spiro atoms. The lowest BCUT2D eigenvalue weighted by atomic mass is 9.74. The standard InChI is InChI=1S/C17H28N2O2/c1-4-20-15-10-14(11-19-12-15)16(18)17(21-5-2)8-6-13(3)7-9-17/h10-13,16H,4-9,18H2,1-3H3. The van der Waals surface area contributed by atoms with Crippen molar-refractivity contribution < 1.29 is 9.47 Å². The Morgan fingerprint density at radius 2 is 2.00 bits per heavy atom. The van der Waals surface area contributed by atoms with E-state index in [1.165, 1.54) is 12.8 Å².